The number of rotatable bonds is 9. The monoisotopic (exact) mass is 333 g/mol. The lowest BCUT2D eigenvalue weighted by Crippen LogP contribution is -2.29. The van der Waals surface area contributed by atoms with Crippen molar-refractivity contribution in [3.63, 3.8) is 0 Å². The highest BCUT2D eigenvalue weighted by molar-refractivity contribution is 5.75. The number of nitrogens with one attached hydrogen (secondary N) is 2. The van der Waals surface area contributed by atoms with E-state index in [0.29, 0.717) is 18.9 Å². The van der Waals surface area contributed by atoms with Crippen molar-refractivity contribution in [3.8, 4) is 0 Å². The molecule has 0 aromatic heterocycles. The van der Waals surface area contributed by atoms with Crippen LogP contribution in [0, 0.1) is 16.0 Å². The summed E-state index contributed by atoms with van der Waals surface area (Å²) in [6, 6.07) is 6.68. The van der Waals surface area contributed by atoms with Crippen LogP contribution in [0.25, 0.3) is 0 Å². The molecule has 0 spiro atoms. The maximum absolute atomic E-state index is 11.8. The number of amides is 1. The molecule has 1 saturated heterocycles. The molecule has 1 heterocycles. The molecule has 1 aromatic rings. The van der Waals surface area contributed by atoms with Crippen molar-refractivity contribution in [2.75, 3.05) is 19.6 Å². The van der Waals surface area contributed by atoms with Gasteiger partial charge in [0.15, 0.2) is 0 Å². The SMILES string of the molecule is O=C(CCC1CCNCC1)NCCCCc1ccc([N+](=O)[O-])cc1. The molecular formula is C18H27N3O3. The molecule has 2 N–H and O–H groups in total. The topological polar surface area (TPSA) is 84.3 Å². The number of nitrogens with zero attached hydrogens (tertiary/aromatic N) is 1. The molecule has 1 fully saturated rings. The van der Waals surface area contributed by atoms with Gasteiger partial charge in [-0.1, -0.05) is 12.1 Å². The van der Waals surface area contributed by atoms with E-state index in [1.165, 1.54) is 25.0 Å². The molecule has 132 valence electrons. The van der Waals surface area contributed by atoms with E-state index < -0.39 is 0 Å². The third-order valence-corrected chi connectivity index (χ3v) is 4.60. The number of non-ortho nitro benzene ring substituents is 1. The Balaban J connectivity index is 1.52. The number of nitro groups is 1. The fourth-order valence-electron chi connectivity index (χ4n) is 3.06. The zero-order valence-corrected chi connectivity index (χ0v) is 14.1. The Bertz CT molecular complexity index is 525. The Hall–Kier alpha value is -1.95. The second-order valence-electron chi connectivity index (χ2n) is 6.46. The molecule has 1 aromatic carbocycles. The summed E-state index contributed by atoms with van der Waals surface area (Å²) in [7, 11) is 0. The number of benzene rings is 1. The Labute approximate surface area is 143 Å². The number of nitro benzene ring substituents is 1. The lowest BCUT2D eigenvalue weighted by Gasteiger charge is -2.22. The van der Waals surface area contributed by atoms with E-state index in [-0.39, 0.29) is 16.5 Å². The molecule has 0 unspecified atom stereocenters. The van der Waals surface area contributed by atoms with Crippen molar-refractivity contribution in [3.05, 3.63) is 39.9 Å². The second kappa shape index (κ2) is 10.0. The molecule has 6 heteroatoms. The van der Waals surface area contributed by atoms with Crippen molar-refractivity contribution in [1.29, 1.82) is 0 Å². The predicted octanol–water partition coefficient (Wildman–Crippen LogP) is 2.81. The largest absolute Gasteiger partial charge is 0.356 e. The van der Waals surface area contributed by atoms with Crippen LogP contribution in [0.3, 0.4) is 0 Å². The van der Waals surface area contributed by atoms with Gasteiger partial charge in [-0.25, -0.2) is 0 Å². The second-order valence-corrected chi connectivity index (χ2v) is 6.46. The number of carbonyl (C=O) groups excluding carboxylic acids is 1. The maximum atomic E-state index is 11.8. The van der Waals surface area contributed by atoms with E-state index in [2.05, 4.69) is 10.6 Å². The summed E-state index contributed by atoms with van der Waals surface area (Å²) in [5, 5.41) is 16.9. The van der Waals surface area contributed by atoms with Gasteiger partial charge in [-0.15, -0.1) is 0 Å². The quantitative estimate of drug-likeness (QED) is 0.413. The third-order valence-electron chi connectivity index (χ3n) is 4.60. The number of hydrogen-bond acceptors (Lipinski definition) is 4. The molecule has 0 radical (unpaired) electrons. The number of unbranched alkanes of at least 4 members (excludes halogenated alkanes) is 1. The van der Waals surface area contributed by atoms with Gasteiger partial charge in [-0.05, 0) is 63.1 Å². The van der Waals surface area contributed by atoms with Crippen molar-refractivity contribution in [2.24, 2.45) is 5.92 Å². The third kappa shape index (κ3) is 6.66. The molecule has 1 amide bonds. The summed E-state index contributed by atoms with van der Waals surface area (Å²) in [6.45, 7) is 2.86. The van der Waals surface area contributed by atoms with Crippen molar-refractivity contribution in [1.82, 2.24) is 10.6 Å². The minimum absolute atomic E-state index is 0.125. The molecule has 0 saturated carbocycles. The maximum Gasteiger partial charge on any atom is 0.269 e. The average molecular weight is 333 g/mol. The summed E-state index contributed by atoms with van der Waals surface area (Å²) in [4.78, 5) is 22.0. The number of carbonyl (C=O) groups is 1. The van der Waals surface area contributed by atoms with Gasteiger partial charge in [0.25, 0.3) is 5.69 Å². The van der Waals surface area contributed by atoms with E-state index in [4.69, 9.17) is 0 Å². The van der Waals surface area contributed by atoms with Gasteiger partial charge >= 0.3 is 0 Å². The van der Waals surface area contributed by atoms with Gasteiger partial charge in [0, 0.05) is 25.1 Å². The summed E-state index contributed by atoms with van der Waals surface area (Å²) in [5.41, 5.74) is 1.22. The normalized spacial score (nSPS) is 15.2. The van der Waals surface area contributed by atoms with Crippen molar-refractivity contribution < 1.29 is 9.72 Å². The lowest BCUT2D eigenvalue weighted by atomic mass is 9.93. The minimum Gasteiger partial charge on any atom is -0.356 e. The van der Waals surface area contributed by atoms with E-state index in [9.17, 15) is 14.9 Å². The molecule has 6 nitrogen and oxygen atoms in total. The molecule has 0 atom stereocenters. The Morgan fingerprint density at radius 1 is 1.21 bits per heavy atom. The number of aryl methyl sites for hydroxylation is 1. The van der Waals surface area contributed by atoms with Gasteiger partial charge in [-0.2, -0.15) is 0 Å². The highest BCUT2D eigenvalue weighted by Crippen LogP contribution is 2.17. The van der Waals surface area contributed by atoms with Crippen LogP contribution in [-0.2, 0) is 11.2 Å². The number of hydrogen-bond donors (Lipinski definition) is 2. The van der Waals surface area contributed by atoms with Crippen molar-refractivity contribution >= 4 is 11.6 Å². The molecular weight excluding hydrogens is 306 g/mol. The molecule has 0 bridgehead atoms. The molecule has 1 aliphatic rings. The molecule has 1 aliphatic heterocycles. The number of piperidine rings is 1. The summed E-state index contributed by atoms with van der Waals surface area (Å²) in [6.07, 6.45) is 6.76. The molecule has 24 heavy (non-hydrogen) atoms. The molecule has 2 rings (SSSR count). The Morgan fingerprint density at radius 3 is 2.58 bits per heavy atom. The van der Waals surface area contributed by atoms with Crippen LogP contribution in [0.5, 0.6) is 0 Å². The first-order valence-electron chi connectivity index (χ1n) is 8.86. The van der Waals surface area contributed by atoms with Crippen LogP contribution >= 0.6 is 0 Å². The van der Waals surface area contributed by atoms with E-state index in [1.807, 2.05) is 0 Å². The zero-order chi connectivity index (χ0) is 17.2. The van der Waals surface area contributed by atoms with Crippen LogP contribution in [0.1, 0.15) is 44.1 Å². The van der Waals surface area contributed by atoms with E-state index >= 15 is 0 Å². The first-order chi connectivity index (χ1) is 11.6. The lowest BCUT2D eigenvalue weighted by molar-refractivity contribution is -0.384. The van der Waals surface area contributed by atoms with Gasteiger partial charge in [0.2, 0.25) is 5.91 Å². The van der Waals surface area contributed by atoms with Crippen LogP contribution in [0.15, 0.2) is 24.3 Å². The smallest absolute Gasteiger partial charge is 0.269 e. The summed E-state index contributed by atoms with van der Waals surface area (Å²) >= 11 is 0. The minimum atomic E-state index is -0.386. The van der Waals surface area contributed by atoms with Gasteiger partial charge < -0.3 is 10.6 Å². The zero-order valence-electron chi connectivity index (χ0n) is 14.1. The average Bonchev–Trinajstić information content (AvgIpc) is 2.61. The van der Waals surface area contributed by atoms with E-state index in [0.717, 1.165) is 44.3 Å². The van der Waals surface area contributed by atoms with Gasteiger partial charge in [0.1, 0.15) is 0 Å². The predicted molar refractivity (Wildman–Crippen MR) is 93.9 cm³/mol. The van der Waals surface area contributed by atoms with Crippen molar-refractivity contribution in [2.45, 2.75) is 44.9 Å². The first-order valence-corrected chi connectivity index (χ1v) is 8.86. The summed E-state index contributed by atoms with van der Waals surface area (Å²) < 4.78 is 0. The summed E-state index contributed by atoms with van der Waals surface area (Å²) in [5.74, 6) is 0.850. The fraction of sp³-hybridized carbons (Fsp3) is 0.611. The van der Waals surface area contributed by atoms with Crippen LogP contribution in [0.4, 0.5) is 5.69 Å². The van der Waals surface area contributed by atoms with Crippen LogP contribution in [-0.4, -0.2) is 30.5 Å². The molecule has 0 aliphatic carbocycles. The van der Waals surface area contributed by atoms with Crippen LogP contribution in [0.2, 0.25) is 0 Å². The van der Waals surface area contributed by atoms with Gasteiger partial charge in [0.05, 0.1) is 4.92 Å². The highest BCUT2D eigenvalue weighted by atomic mass is 16.6. The first kappa shape index (κ1) is 18.4. The Morgan fingerprint density at radius 2 is 1.92 bits per heavy atom. The Kier molecular flexibility index (Phi) is 7.68. The highest BCUT2D eigenvalue weighted by Gasteiger charge is 2.14. The van der Waals surface area contributed by atoms with Crippen LogP contribution < -0.4 is 10.6 Å². The van der Waals surface area contributed by atoms with Gasteiger partial charge in [-0.3, -0.25) is 14.9 Å². The standard InChI is InChI=1S/C18H27N3O3/c22-18(9-6-16-10-13-19-14-11-16)20-12-2-1-3-15-4-7-17(8-5-15)21(23)24/h4-5,7-8,16,19H,1-3,6,9-14H2,(H,20,22). The van der Waals surface area contributed by atoms with E-state index in [1.54, 1.807) is 12.1 Å². The fourth-order valence-corrected chi connectivity index (χ4v) is 3.06.